The number of aliphatic carboxylic acids is 1. The van der Waals surface area contributed by atoms with Gasteiger partial charge in [0.2, 0.25) is 0 Å². The van der Waals surface area contributed by atoms with Crippen molar-refractivity contribution in [1.29, 1.82) is 0 Å². The van der Waals surface area contributed by atoms with E-state index in [2.05, 4.69) is 6.92 Å². The second kappa shape index (κ2) is 6.43. The topological polar surface area (TPSA) is 46.5 Å². The lowest BCUT2D eigenvalue weighted by atomic mass is 9.89. The van der Waals surface area contributed by atoms with Gasteiger partial charge < -0.3 is 9.84 Å². The van der Waals surface area contributed by atoms with E-state index in [-0.39, 0.29) is 17.9 Å². The Kier molecular flexibility index (Phi) is 5.20. The summed E-state index contributed by atoms with van der Waals surface area (Å²) in [5.41, 5.74) is 1.03. The van der Waals surface area contributed by atoms with Crippen molar-refractivity contribution in [2.24, 2.45) is 5.92 Å². The van der Waals surface area contributed by atoms with Crippen LogP contribution in [0, 0.1) is 5.92 Å². The minimum atomic E-state index is -0.762. The van der Waals surface area contributed by atoms with E-state index in [4.69, 9.17) is 9.84 Å². The number of carboxylic acids is 1. The Balaban J connectivity index is 2.73. The molecule has 1 rings (SSSR count). The third-order valence-electron chi connectivity index (χ3n) is 3.46. The lowest BCUT2D eigenvalue weighted by Crippen LogP contribution is -2.16. The van der Waals surface area contributed by atoms with Crippen molar-refractivity contribution in [2.45, 2.75) is 46.1 Å². The Morgan fingerprint density at radius 3 is 2.22 bits per heavy atom. The van der Waals surface area contributed by atoms with Crippen molar-refractivity contribution in [3.8, 4) is 5.75 Å². The second-order valence-corrected chi connectivity index (χ2v) is 4.82. The first kappa shape index (κ1) is 14.6. The van der Waals surface area contributed by atoms with Gasteiger partial charge in [0.15, 0.2) is 0 Å². The number of benzene rings is 1. The minimum Gasteiger partial charge on any atom is -0.491 e. The molecule has 0 aliphatic rings. The standard InChI is InChI=1S/C15H22O3/c1-5-10(2)18-14-8-6-13(7-9-14)11(3)12(4)15(16)17/h6-12H,5H2,1-4H3,(H,16,17). The van der Waals surface area contributed by atoms with Gasteiger partial charge in [-0.3, -0.25) is 4.79 Å². The quantitative estimate of drug-likeness (QED) is 0.837. The van der Waals surface area contributed by atoms with Crippen LogP contribution in [0.5, 0.6) is 5.75 Å². The van der Waals surface area contributed by atoms with E-state index < -0.39 is 5.97 Å². The molecule has 3 unspecified atom stereocenters. The Hall–Kier alpha value is -1.51. The molecule has 0 aliphatic carbocycles. The van der Waals surface area contributed by atoms with Gasteiger partial charge in [0.05, 0.1) is 12.0 Å². The van der Waals surface area contributed by atoms with Gasteiger partial charge in [0.25, 0.3) is 0 Å². The zero-order valence-electron chi connectivity index (χ0n) is 11.5. The first-order valence-corrected chi connectivity index (χ1v) is 6.45. The fourth-order valence-corrected chi connectivity index (χ4v) is 1.67. The summed E-state index contributed by atoms with van der Waals surface area (Å²) in [6, 6.07) is 7.71. The van der Waals surface area contributed by atoms with Crippen LogP contribution in [0.2, 0.25) is 0 Å². The van der Waals surface area contributed by atoms with Crippen molar-refractivity contribution in [1.82, 2.24) is 0 Å². The third kappa shape index (κ3) is 3.76. The average molecular weight is 250 g/mol. The van der Waals surface area contributed by atoms with E-state index in [1.54, 1.807) is 6.92 Å². The van der Waals surface area contributed by atoms with E-state index in [9.17, 15) is 4.79 Å². The molecule has 0 aromatic heterocycles. The van der Waals surface area contributed by atoms with Crippen LogP contribution in [0.3, 0.4) is 0 Å². The maximum Gasteiger partial charge on any atom is 0.306 e. The molecule has 1 N–H and O–H groups in total. The molecule has 3 heteroatoms. The van der Waals surface area contributed by atoms with Gasteiger partial charge in [0, 0.05) is 0 Å². The van der Waals surface area contributed by atoms with Crippen molar-refractivity contribution in [3.63, 3.8) is 0 Å². The van der Waals surface area contributed by atoms with Crippen LogP contribution in [0.15, 0.2) is 24.3 Å². The molecule has 1 aromatic carbocycles. The third-order valence-corrected chi connectivity index (χ3v) is 3.46. The number of carbonyl (C=O) groups is 1. The van der Waals surface area contributed by atoms with Gasteiger partial charge in [-0.2, -0.15) is 0 Å². The fraction of sp³-hybridized carbons (Fsp3) is 0.533. The molecule has 0 spiro atoms. The molecule has 0 bridgehead atoms. The first-order chi connectivity index (χ1) is 8.45. The zero-order valence-corrected chi connectivity index (χ0v) is 11.5. The molecule has 3 nitrogen and oxygen atoms in total. The van der Waals surface area contributed by atoms with Gasteiger partial charge in [-0.05, 0) is 37.0 Å². The lowest BCUT2D eigenvalue weighted by Gasteiger charge is -2.17. The van der Waals surface area contributed by atoms with Crippen molar-refractivity contribution in [3.05, 3.63) is 29.8 Å². The summed E-state index contributed by atoms with van der Waals surface area (Å²) in [5, 5.41) is 8.99. The predicted octanol–water partition coefficient (Wildman–Crippen LogP) is 3.69. The molecule has 0 saturated heterocycles. The number of hydrogen-bond donors (Lipinski definition) is 1. The summed E-state index contributed by atoms with van der Waals surface area (Å²) in [4.78, 5) is 10.9. The molecule has 100 valence electrons. The highest BCUT2D eigenvalue weighted by atomic mass is 16.5. The molecule has 0 saturated carbocycles. The molecule has 18 heavy (non-hydrogen) atoms. The Bertz CT molecular complexity index is 383. The van der Waals surface area contributed by atoms with Gasteiger partial charge in [-0.25, -0.2) is 0 Å². The summed E-state index contributed by atoms with van der Waals surface area (Å²) in [5.74, 6) is -0.308. The van der Waals surface area contributed by atoms with Crippen LogP contribution in [0.25, 0.3) is 0 Å². The smallest absolute Gasteiger partial charge is 0.306 e. The van der Waals surface area contributed by atoms with Crippen LogP contribution >= 0.6 is 0 Å². The Morgan fingerprint density at radius 1 is 1.22 bits per heavy atom. The van der Waals surface area contributed by atoms with Crippen LogP contribution in [-0.4, -0.2) is 17.2 Å². The van der Waals surface area contributed by atoms with Crippen molar-refractivity contribution < 1.29 is 14.6 Å². The van der Waals surface area contributed by atoms with Crippen LogP contribution in [-0.2, 0) is 4.79 Å². The average Bonchev–Trinajstić information content (AvgIpc) is 2.37. The van der Waals surface area contributed by atoms with E-state index >= 15 is 0 Å². The molecular formula is C15H22O3. The highest BCUT2D eigenvalue weighted by molar-refractivity contribution is 5.70. The summed E-state index contributed by atoms with van der Waals surface area (Å²) in [6.07, 6.45) is 1.17. The molecular weight excluding hydrogens is 228 g/mol. The zero-order chi connectivity index (χ0) is 13.7. The summed E-state index contributed by atoms with van der Waals surface area (Å²) in [6.45, 7) is 7.78. The molecule has 0 radical (unpaired) electrons. The highest BCUT2D eigenvalue weighted by Crippen LogP contribution is 2.26. The molecule has 1 aromatic rings. The first-order valence-electron chi connectivity index (χ1n) is 6.45. The summed E-state index contributed by atoms with van der Waals surface area (Å²) >= 11 is 0. The van der Waals surface area contributed by atoms with E-state index in [0.29, 0.717) is 0 Å². The van der Waals surface area contributed by atoms with E-state index in [0.717, 1.165) is 17.7 Å². The van der Waals surface area contributed by atoms with Crippen LogP contribution in [0.4, 0.5) is 0 Å². The maximum atomic E-state index is 10.9. The van der Waals surface area contributed by atoms with Crippen LogP contribution in [0.1, 0.15) is 45.6 Å². The second-order valence-electron chi connectivity index (χ2n) is 4.82. The summed E-state index contributed by atoms with van der Waals surface area (Å²) < 4.78 is 5.69. The predicted molar refractivity (Wildman–Crippen MR) is 72.0 cm³/mol. The van der Waals surface area contributed by atoms with Crippen LogP contribution < -0.4 is 4.74 Å². The number of carboxylic acid groups (broad SMARTS) is 1. The maximum absolute atomic E-state index is 10.9. The molecule has 0 heterocycles. The number of rotatable bonds is 6. The Morgan fingerprint density at radius 2 is 1.78 bits per heavy atom. The molecule has 3 atom stereocenters. The van der Waals surface area contributed by atoms with Gasteiger partial charge in [-0.1, -0.05) is 32.9 Å². The molecule has 0 aliphatic heterocycles. The van der Waals surface area contributed by atoms with Gasteiger partial charge in [0.1, 0.15) is 5.75 Å². The minimum absolute atomic E-state index is 0.000138. The Labute approximate surface area is 109 Å². The largest absolute Gasteiger partial charge is 0.491 e. The number of hydrogen-bond acceptors (Lipinski definition) is 2. The summed E-state index contributed by atoms with van der Waals surface area (Å²) in [7, 11) is 0. The van der Waals surface area contributed by atoms with Gasteiger partial charge >= 0.3 is 5.97 Å². The van der Waals surface area contributed by atoms with E-state index in [1.165, 1.54) is 0 Å². The normalized spacial score (nSPS) is 15.8. The van der Waals surface area contributed by atoms with Crippen molar-refractivity contribution in [2.75, 3.05) is 0 Å². The van der Waals surface area contributed by atoms with Crippen molar-refractivity contribution >= 4 is 5.97 Å². The highest BCUT2D eigenvalue weighted by Gasteiger charge is 2.20. The van der Waals surface area contributed by atoms with Gasteiger partial charge in [-0.15, -0.1) is 0 Å². The lowest BCUT2D eigenvalue weighted by molar-refractivity contribution is -0.141. The fourth-order valence-electron chi connectivity index (χ4n) is 1.67. The molecule has 0 fully saturated rings. The number of ether oxygens (including phenoxy) is 1. The molecule has 0 amide bonds. The SMILES string of the molecule is CCC(C)Oc1ccc(C(C)C(C)C(=O)O)cc1. The monoisotopic (exact) mass is 250 g/mol. The van der Waals surface area contributed by atoms with E-state index in [1.807, 2.05) is 38.1 Å².